The highest BCUT2D eigenvalue weighted by Gasteiger charge is 2.53. The van der Waals surface area contributed by atoms with Gasteiger partial charge in [0.1, 0.15) is 0 Å². The highest BCUT2D eigenvalue weighted by Crippen LogP contribution is 2.39. The van der Waals surface area contributed by atoms with Crippen LogP contribution in [0.25, 0.3) is 10.4 Å². The van der Waals surface area contributed by atoms with Crippen molar-refractivity contribution in [3.05, 3.63) is 82.8 Å². The minimum atomic E-state index is -3.01. The van der Waals surface area contributed by atoms with Crippen LogP contribution in [-0.4, -0.2) is 44.2 Å². The van der Waals surface area contributed by atoms with Crippen LogP contribution in [0.15, 0.2) is 77.4 Å². The van der Waals surface area contributed by atoms with Gasteiger partial charge in [-0.1, -0.05) is 86.5 Å². The molecule has 0 bridgehead atoms. The summed E-state index contributed by atoms with van der Waals surface area (Å²) < 4.78 is 12.2. The van der Waals surface area contributed by atoms with Crippen molar-refractivity contribution in [2.45, 2.75) is 57.4 Å². The van der Waals surface area contributed by atoms with E-state index in [9.17, 15) is 9.90 Å². The van der Waals surface area contributed by atoms with Gasteiger partial charge in [-0.05, 0) is 40.4 Å². The number of hydrogen-bond donors (Lipinski definition) is 1. The number of carbonyl (C=O) groups excluding carboxylic acids is 1. The third-order valence-electron chi connectivity index (χ3n) is 5.99. The van der Waals surface area contributed by atoms with E-state index in [1.165, 1.54) is 0 Å². The van der Waals surface area contributed by atoms with Gasteiger partial charge >= 0.3 is 5.97 Å². The Morgan fingerprint density at radius 3 is 2.12 bits per heavy atom. The van der Waals surface area contributed by atoms with Gasteiger partial charge in [-0.25, -0.2) is 4.79 Å². The molecule has 0 unspecified atom stereocenters. The molecule has 2 aromatic rings. The van der Waals surface area contributed by atoms with E-state index in [0.29, 0.717) is 5.57 Å². The van der Waals surface area contributed by atoms with Crippen molar-refractivity contribution in [2.75, 3.05) is 6.61 Å². The maximum absolute atomic E-state index is 12.6. The van der Waals surface area contributed by atoms with Crippen LogP contribution < -0.4 is 10.4 Å². The molecule has 0 radical (unpaired) electrons. The van der Waals surface area contributed by atoms with Crippen molar-refractivity contribution in [3.8, 4) is 0 Å². The molecule has 0 aromatic heterocycles. The number of nitrogens with zero attached hydrogens (tertiary/aromatic N) is 3. The third-order valence-corrected chi connectivity index (χ3v) is 11.0. The second-order valence-electron chi connectivity index (χ2n) is 9.13. The molecule has 8 heteroatoms. The lowest BCUT2D eigenvalue weighted by molar-refractivity contribution is -0.139. The number of benzene rings is 2. The van der Waals surface area contributed by atoms with E-state index in [-0.39, 0.29) is 18.1 Å². The molecular formula is C25H31N3O4Si. The molecule has 0 aliphatic heterocycles. The molecule has 174 valence electrons. The van der Waals surface area contributed by atoms with E-state index in [4.69, 9.17) is 14.7 Å². The molecule has 1 aliphatic carbocycles. The minimum Gasteiger partial charge on any atom is -0.463 e. The molecule has 7 nitrogen and oxygen atoms in total. The van der Waals surface area contributed by atoms with E-state index >= 15 is 0 Å². The van der Waals surface area contributed by atoms with Gasteiger partial charge in [0, 0.05) is 10.5 Å². The lowest BCUT2D eigenvalue weighted by atomic mass is 9.91. The first-order chi connectivity index (χ1) is 15.7. The van der Waals surface area contributed by atoms with Gasteiger partial charge in [0.05, 0.1) is 24.9 Å². The van der Waals surface area contributed by atoms with E-state index in [0.717, 1.165) is 10.4 Å². The van der Waals surface area contributed by atoms with Gasteiger partial charge in [0.15, 0.2) is 0 Å². The summed E-state index contributed by atoms with van der Waals surface area (Å²) in [6.07, 6.45) is -0.198. The number of ether oxygens (including phenoxy) is 1. The monoisotopic (exact) mass is 465 g/mol. The Bertz CT molecular complexity index is 991. The summed E-state index contributed by atoms with van der Waals surface area (Å²) in [4.78, 5) is 15.4. The molecule has 0 heterocycles. The topological polar surface area (TPSA) is 105 Å². The number of hydrogen-bond acceptors (Lipinski definition) is 5. The van der Waals surface area contributed by atoms with E-state index < -0.39 is 32.5 Å². The molecule has 2 aromatic carbocycles. The highest BCUT2D eigenvalue weighted by atomic mass is 28.4. The number of azide groups is 1. The molecule has 3 atom stereocenters. The predicted octanol–water partition coefficient (Wildman–Crippen LogP) is 3.86. The van der Waals surface area contributed by atoms with Crippen LogP contribution in [0.4, 0.5) is 0 Å². The summed E-state index contributed by atoms with van der Waals surface area (Å²) in [6.45, 7) is 8.36. The van der Waals surface area contributed by atoms with Crippen LogP contribution in [0.1, 0.15) is 34.1 Å². The van der Waals surface area contributed by atoms with Crippen molar-refractivity contribution in [1.82, 2.24) is 0 Å². The smallest absolute Gasteiger partial charge is 0.333 e. The Balaban J connectivity index is 2.20. The average Bonchev–Trinajstić information content (AvgIpc) is 2.80. The summed E-state index contributed by atoms with van der Waals surface area (Å²) in [5, 5.41) is 16.7. The quantitative estimate of drug-likeness (QED) is 0.220. The van der Waals surface area contributed by atoms with Crippen molar-refractivity contribution < 1.29 is 19.1 Å². The van der Waals surface area contributed by atoms with Crippen LogP contribution in [-0.2, 0) is 14.0 Å². The molecule has 0 saturated heterocycles. The first-order valence-electron chi connectivity index (χ1n) is 11.1. The summed E-state index contributed by atoms with van der Waals surface area (Å²) in [7, 11) is -3.01. The number of aliphatic hydroxyl groups excluding tert-OH is 1. The molecule has 0 fully saturated rings. The van der Waals surface area contributed by atoms with E-state index in [1.54, 1.807) is 13.0 Å². The number of aliphatic hydroxyl groups is 1. The summed E-state index contributed by atoms with van der Waals surface area (Å²) in [5.41, 5.74) is 9.40. The van der Waals surface area contributed by atoms with Crippen LogP contribution in [0, 0.1) is 0 Å². The molecule has 1 N–H and O–H groups in total. The second kappa shape index (κ2) is 10.4. The molecule has 0 spiro atoms. The van der Waals surface area contributed by atoms with Gasteiger partial charge in [-0.15, -0.1) is 0 Å². The Morgan fingerprint density at radius 1 is 1.12 bits per heavy atom. The van der Waals surface area contributed by atoms with Crippen molar-refractivity contribution in [3.63, 3.8) is 0 Å². The normalized spacial score (nSPS) is 21.0. The number of carbonyl (C=O) groups is 1. The minimum absolute atomic E-state index is 0.102. The van der Waals surface area contributed by atoms with Crippen molar-refractivity contribution >= 4 is 24.7 Å². The largest absolute Gasteiger partial charge is 0.463 e. The van der Waals surface area contributed by atoms with Crippen molar-refractivity contribution in [1.29, 1.82) is 0 Å². The predicted molar refractivity (Wildman–Crippen MR) is 131 cm³/mol. The zero-order chi connectivity index (χ0) is 24.1. The van der Waals surface area contributed by atoms with Gasteiger partial charge in [0.2, 0.25) is 0 Å². The first kappa shape index (κ1) is 24.7. The Morgan fingerprint density at radius 2 is 1.67 bits per heavy atom. The third kappa shape index (κ3) is 5.04. The zero-order valence-corrected chi connectivity index (χ0v) is 20.5. The fraction of sp³-hybridized carbons (Fsp3) is 0.400. The average molecular weight is 466 g/mol. The van der Waals surface area contributed by atoms with Gasteiger partial charge in [0.25, 0.3) is 8.32 Å². The van der Waals surface area contributed by atoms with Gasteiger partial charge in [-0.3, -0.25) is 0 Å². The Hall–Kier alpha value is -2.90. The summed E-state index contributed by atoms with van der Waals surface area (Å²) in [5.74, 6) is -0.487. The first-order valence-corrected chi connectivity index (χ1v) is 13.0. The van der Waals surface area contributed by atoms with Crippen LogP contribution in [0.2, 0.25) is 5.04 Å². The van der Waals surface area contributed by atoms with Gasteiger partial charge in [-0.2, -0.15) is 0 Å². The highest BCUT2D eigenvalue weighted by molar-refractivity contribution is 6.99. The van der Waals surface area contributed by atoms with Crippen molar-refractivity contribution in [2.24, 2.45) is 5.11 Å². The van der Waals surface area contributed by atoms with Crippen LogP contribution in [0.3, 0.4) is 0 Å². The van der Waals surface area contributed by atoms with Gasteiger partial charge < -0.3 is 14.3 Å². The molecule has 1 aliphatic rings. The summed E-state index contributed by atoms with van der Waals surface area (Å²) >= 11 is 0. The second-order valence-corrected chi connectivity index (χ2v) is 13.4. The SMILES string of the molecule is CCOC(=O)C1=C[C@H](O[Si](c2ccccc2)(c2ccccc2)C(C)(C)C)[C@@H](O)[C@@H](N=[N+]=[N-])C1. The molecule has 33 heavy (non-hydrogen) atoms. The maximum Gasteiger partial charge on any atom is 0.333 e. The fourth-order valence-electron chi connectivity index (χ4n) is 4.48. The fourth-order valence-corrected chi connectivity index (χ4v) is 9.11. The molecule has 0 amide bonds. The Labute approximate surface area is 195 Å². The molecule has 3 rings (SSSR count). The standard InChI is InChI=1S/C25H31N3O4Si/c1-5-31-24(30)18-16-21(27-28-26)23(29)22(17-18)32-33(25(2,3)4,19-12-8-6-9-13-19)20-14-10-7-11-15-20/h6-15,17,21-23,29H,5,16H2,1-4H3/t21-,22-,23-/m0/s1. The maximum atomic E-state index is 12.6. The number of rotatable bonds is 7. The number of esters is 1. The zero-order valence-electron chi connectivity index (χ0n) is 19.5. The lowest BCUT2D eigenvalue weighted by Crippen LogP contribution is -2.68. The molecule has 0 saturated carbocycles. The van der Waals surface area contributed by atoms with Crippen LogP contribution in [0.5, 0.6) is 0 Å². The summed E-state index contributed by atoms with van der Waals surface area (Å²) in [6, 6.07) is 19.2. The Kier molecular flexibility index (Phi) is 7.76. The lowest BCUT2D eigenvalue weighted by Gasteiger charge is -2.46. The molecular weight excluding hydrogens is 434 g/mol. The van der Waals surface area contributed by atoms with Crippen LogP contribution >= 0.6 is 0 Å². The van der Waals surface area contributed by atoms with E-state index in [2.05, 4.69) is 55.1 Å². The van der Waals surface area contributed by atoms with E-state index in [1.807, 2.05) is 36.4 Å².